The van der Waals surface area contributed by atoms with Crippen LogP contribution in [0.3, 0.4) is 0 Å². The number of benzene rings is 1. The Labute approximate surface area is 120 Å². The van der Waals surface area contributed by atoms with Crippen LogP contribution < -0.4 is 4.74 Å². The zero-order valence-electron chi connectivity index (χ0n) is 10.9. The van der Waals surface area contributed by atoms with Gasteiger partial charge >= 0.3 is 0 Å². The van der Waals surface area contributed by atoms with Crippen LogP contribution in [-0.2, 0) is 11.8 Å². The van der Waals surface area contributed by atoms with Crippen molar-refractivity contribution in [1.29, 1.82) is 0 Å². The molecule has 4 heteroatoms. The normalized spacial score (nSPS) is 10.5. The molecule has 0 N–H and O–H groups in total. The third kappa shape index (κ3) is 3.13. The molecule has 0 radical (unpaired) electrons. The zero-order chi connectivity index (χ0) is 13.8. The molecule has 0 saturated carbocycles. The maximum atomic E-state index is 13.7. The fraction of sp³-hybridized carbons (Fsp3) is 0.267. The summed E-state index contributed by atoms with van der Waals surface area (Å²) in [6, 6.07) is 8.60. The monoisotopic (exact) mass is 323 g/mol. The summed E-state index contributed by atoms with van der Waals surface area (Å²) in [5.74, 6) is 0.936. The Balaban J connectivity index is 2.39. The quantitative estimate of drug-likeness (QED) is 0.755. The van der Waals surface area contributed by atoms with E-state index in [4.69, 9.17) is 4.74 Å². The van der Waals surface area contributed by atoms with Crippen LogP contribution in [0.4, 0.5) is 4.39 Å². The summed E-state index contributed by atoms with van der Waals surface area (Å²) < 4.78 is 19.5. The maximum Gasteiger partial charge on any atom is 0.148 e. The van der Waals surface area contributed by atoms with E-state index in [1.165, 1.54) is 6.07 Å². The van der Waals surface area contributed by atoms with Crippen molar-refractivity contribution in [1.82, 2.24) is 4.98 Å². The van der Waals surface area contributed by atoms with Gasteiger partial charge in [-0.05, 0) is 37.6 Å². The lowest BCUT2D eigenvalue weighted by atomic mass is 10.2. The predicted molar refractivity (Wildman–Crippen MR) is 77.5 cm³/mol. The van der Waals surface area contributed by atoms with Crippen LogP contribution >= 0.6 is 15.9 Å². The Kier molecular flexibility index (Phi) is 4.53. The van der Waals surface area contributed by atoms with Gasteiger partial charge in [-0.15, -0.1) is 0 Å². The van der Waals surface area contributed by atoms with E-state index in [0.717, 1.165) is 17.8 Å². The summed E-state index contributed by atoms with van der Waals surface area (Å²) in [5, 5.41) is 0.412. The first-order valence-corrected chi connectivity index (χ1v) is 7.25. The molecule has 100 valence electrons. The van der Waals surface area contributed by atoms with Crippen LogP contribution in [0.15, 0.2) is 30.3 Å². The highest BCUT2D eigenvalue weighted by molar-refractivity contribution is 9.08. The van der Waals surface area contributed by atoms with Crippen LogP contribution in [0.2, 0.25) is 0 Å². The molecule has 1 heterocycles. The van der Waals surface area contributed by atoms with Crippen LogP contribution in [0.25, 0.3) is 0 Å². The number of rotatable bonds is 4. The lowest BCUT2D eigenvalue weighted by Gasteiger charge is -2.13. The van der Waals surface area contributed by atoms with Gasteiger partial charge in [0.2, 0.25) is 0 Å². The molecule has 0 aliphatic rings. The first-order chi connectivity index (χ1) is 9.15. The molecule has 0 atom stereocenters. The molecular weight excluding hydrogens is 309 g/mol. The molecule has 0 bridgehead atoms. The first kappa shape index (κ1) is 14.0. The van der Waals surface area contributed by atoms with Crippen LogP contribution in [-0.4, -0.2) is 4.98 Å². The van der Waals surface area contributed by atoms with E-state index in [0.29, 0.717) is 22.4 Å². The number of nitrogens with zero attached hydrogens (tertiary/aromatic N) is 1. The molecule has 1 aromatic heterocycles. The van der Waals surface area contributed by atoms with E-state index < -0.39 is 0 Å². The Morgan fingerprint density at radius 2 is 2.00 bits per heavy atom. The minimum absolute atomic E-state index is 0.271. The van der Waals surface area contributed by atoms with Crippen molar-refractivity contribution in [3.8, 4) is 11.5 Å². The molecule has 2 aromatic rings. The Bertz CT molecular complexity index is 586. The van der Waals surface area contributed by atoms with Gasteiger partial charge in [0.15, 0.2) is 0 Å². The van der Waals surface area contributed by atoms with Crippen molar-refractivity contribution in [2.24, 2.45) is 0 Å². The second-order valence-electron chi connectivity index (χ2n) is 4.20. The molecule has 0 unspecified atom stereocenters. The van der Waals surface area contributed by atoms with Gasteiger partial charge in [0.05, 0.1) is 5.69 Å². The Morgan fingerprint density at radius 3 is 2.68 bits per heavy atom. The number of hydrogen-bond acceptors (Lipinski definition) is 2. The van der Waals surface area contributed by atoms with Gasteiger partial charge in [0.1, 0.15) is 17.3 Å². The number of hydrogen-bond donors (Lipinski definition) is 0. The second-order valence-corrected chi connectivity index (χ2v) is 4.76. The van der Waals surface area contributed by atoms with Crippen LogP contribution in [0.1, 0.15) is 23.9 Å². The van der Waals surface area contributed by atoms with E-state index in [1.54, 1.807) is 12.1 Å². The fourth-order valence-corrected chi connectivity index (χ4v) is 2.37. The minimum atomic E-state index is -0.271. The first-order valence-electron chi connectivity index (χ1n) is 6.13. The third-order valence-corrected chi connectivity index (χ3v) is 3.40. The molecule has 19 heavy (non-hydrogen) atoms. The minimum Gasteiger partial charge on any atom is -0.455 e. The van der Waals surface area contributed by atoms with Crippen molar-refractivity contribution in [3.05, 3.63) is 53.1 Å². The topological polar surface area (TPSA) is 22.1 Å². The molecule has 0 aliphatic heterocycles. The van der Waals surface area contributed by atoms with Crippen molar-refractivity contribution in [2.45, 2.75) is 25.6 Å². The summed E-state index contributed by atoms with van der Waals surface area (Å²) in [5.41, 5.74) is 2.35. The number of ether oxygens (including phenoxy) is 1. The average Bonchev–Trinajstić information content (AvgIpc) is 2.41. The second kappa shape index (κ2) is 6.15. The van der Waals surface area contributed by atoms with E-state index in [-0.39, 0.29) is 5.82 Å². The van der Waals surface area contributed by atoms with E-state index in [9.17, 15) is 4.39 Å². The van der Waals surface area contributed by atoms with Gasteiger partial charge in [-0.25, -0.2) is 4.39 Å². The molecule has 0 amide bonds. The summed E-state index contributed by atoms with van der Waals surface area (Å²) in [6.45, 7) is 3.96. The number of aromatic nitrogens is 1. The molecule has 0 fully saturated rings. The highest BCUT2D eigenvalue weighted by Crippen LogP contribution is 2.30. The standard InChI is InChI=1S/C15H15BrFNO/c1-3-13-15(8-7-10(2)18-13)19-14-6-4-5-12(17)11(14)9-16/h4-8H,3,9H2,1-2H3. The largest absolute Gasteiger partial charge is 0.455 e. The highest BCUT2D eigenvalue weighted by Gasteiger charge is 2.11. The summed E-state index contributed by atoms with van der Waals surface area (Å²) in [6.07, 6.45) is 0.774. The Hall–Kier alpha value is -1.42. The number of alkyl halides is 1. The lowest BCUT2D eigenvalue weighted by Crippen LogP contribution is -1.98. The number of halogens is 2. The number of aryl methyl sites for hydroxylation is 2. The van der Waals surface area contributed by atoms with Crippen LogP contribution in [0, 0.1) is 12.7 Å². The van der Waals surface area contributed by atoms with Gasteiger partial charge < -0.3 is 4.74 Å². The predicted octanol–water partition coefficient (Wildman–Crippen LogP) is 4.78. The molecule has 2 nitrogen and oxygen atoms in total. The van der Waals surface area contributed by atoms with Gasteiger partial charge in [-0.1, -0.05) is 28.9 Å². The van der Waals surface area contributed by atoms with Gasteiger partial charge in [0.25, 0.3) is 0 Å². The van der Waals surface area contributed by atoms with Crippen molar-refractivity contribution in [2.75, 3.05) is 0 Å². The number of pyridine rings is 1. The molecule has 0 aliphatic carbocycles. The summed E-state index contributed by atoms with van der Waals surface area (Å²) >= 11 is 3.28. The molecule has 1 aromatic carbocycles. The third-order valence-electron chi connectivity index (χ3n) is 2.84. The molecule has 0 saturated heterocycles. The molecule has 0 spiro atoms. The van der Waals surface area contributed by atoms with Gasteiger partial charge in [-0.3, -0.25) is 4.98 Å². The van der Waals surface area contributed by atoms with Crippen LogP contribution in [0.5, 0.6) is 11.5 Å². The Morgan fingerprint density at radius 1 is 1.21 bits per heavy atom. The van der Waals surface area contributed by atoms with Gasteiger partial charge in [0, 0.05) is 16.6 Å². The molecule has 2 rings (SSSR count). The summed E-state index contributed by atoms with van der Waals surface area (Å²) in [4.78, 5) is 4.44. The van der Waals surface area contributed by atoms with Crippen molar-refractivity contribution >= 4 is 15.9 Å². The van der Waals surface area contributed by atoms with E-state index in [2.05, 4.69) is 20.9 Å². The summed E-state index contributed by atoms with van der Waals surface area (Å²) in [7, 11) is 0. The van der Waals surface area contributed by atoms with Crippen molar-refractivity contribution in [3.63, 3.8) is 0 Å². The van der Waals surface area contributed by atoms with E-state index in [1.807, 2.05) is 26.0 Å². The highest BCUT2D eigenvalue weighted by atomic mass is 79.9. The van der Waals surface area contributed by atoms with Crippen molar-refractivity contribution < 1.29 is 9.13 Å². The fourth-order valence-electron chi connectivity index (χ4n) is 1.83. The maximum absolute atomic E-state index is 13.7. The average molecular weight is 324 g/mol. The van der Waals surface area contributed by atoms with Gasteiger partial charge in [-0.2, -0.15) is 0 Å². The molecular formula is C15H15BrFNO. The lowest BCUT2D eigenvalue weighted by molar-refractivity contribution is 0.462. The zero-order valence-corrected chi connectivity index (χ0v) is 12.5. The SMILES string of the molecule is CCc1nc(C)ccc1Oc1cccc(F)c1CBr. The smallest absolute Gasteiger partial charge is 0.148 e. The van der Waals surface area contributed by atoms with E-state index >= 15 is 0 Å².